The summed E-state index contributed by atoms with van der Waals surface area (Å²) in [6.45, 7) is 3.90. The van der Waals surface area contributed by atoms with E-state index >= 15 is 0 Å². The van der Waals surface area contributed by atoms with Crippen molar-refractivity contribution >= 4 is 62.5 Å². The number of rotatable bonds is 13. The molecule has 42 heavy (non-hydrogen) atoms. The molecule has 0 aliphatic heterocycles. The quantitative estimate of drug-likeness (QED) is 0.210. The molecule has 0 radical (unpaired) electrons. The Hall–Kier alpha value is -1.29. The SMILES string of the molecule is CC(C)(O)c1ccccc1CC[C@@H](SCC1(CC(=O)[O-])CC1)c1cccc(OCc2ccc3sc(Cl)c(Cl)c3n2)c1.[Na+]. The number of aliphatic carboxylic acids is 1. The number of carboxylic acid groups (broad SMARTS) is 1. The second-order valence-corrected chi connectivity index (χ2v) is 14.5. The third-order valence-corrected chi connectivity index (χ3v) is 11.2. The van der Waals surface area contributed by atoms with Crippen LogP contribution in [0, 0.1) is 5.41 Å². The molecule has 0 unspecified atom stereocenters. The van der Waals surface area contributed by atoms with Gasteiger partial charge in [-0.2, -0.15) is 11.8 Å². The minimum atomic E-state index is -0.980. The van der Waals surface area contributed by atoms with Gasteiger partial charge in [-0.1, -0.05) is 59.6 Å². The van der Waals surface area contributed by atoms with Gasteiger partial charge in [0, 0.05) is 11.2 Å². The van der Waals surface area contributed by atoms with Crippen molar-refractivity contribution in [3.8, 4) is 5.75 Å². The van der Waals surface area contributed by atoms with E-state index in [9.17, 15) is 15.0 Å². The average Bonchev–Trinajstić information content (AvgIpc) is 3.63. The molecule has 0 bridgehead atoms. The summed E-state index contributed by atoms with van der Waals surface area (Å²) in [5.74, 6) is 0.516. The molecule has 1 atom stereocenters. The second-order valence-electron chi connectivity index (χ2n) is 11.3. The fourth-order valence-electron chi connectivity index (χ4n) is 5.10. The largest absolute Gasteiger partial charge is 1.00 e. The normalized spacial score (nSPS) is 14.8. The molecule has 1 aliphatic rings. The zero-order chi connectivity index (χ0) is 29.2. The van der Waals surface area contributed by atoms with E-state index < -0.39 is 11.6 Å². The van der Waals surface area contributed by atoms with E-state index in [0.717, 1.165) is 64.3 Å². The number of carboxylic acids is 1. The summed E-state index contributed by atoms with van der Waals surface area (Å²) < 4.78 is 7.62. The van der Waals surface area contributed by atoms with Gasteiger partial charge >= 0.3 is 29.6 Å². The molecule has 2 aromatic carbocycles. The smallest absolute Gasteiger partial charge is 0.550 e. The number of aromatic nitrogens is 1. The van der Waals surface area contributed by atoms with Crippen LogP contribution in [0.25, 0.3) is 10.2 Å². The summed E-state index contributed by atoms with van der Waals surface area (Å²) in [7, 11) is 0. The summed E-state index contributed by atoms with van der Waals surface area (Å²) >= 11 is 15.7. The first kappa shape index (κ1) is 33.6. The van der Waals surface area contributed by atoms with E-state index in [2.05, 4.69) is 23.2 Å². The topological polar surface area (TPSA) is 82.5 Å². The molecule has 216 valence electrons. The van der Waals surface area contributed by atoms with Crippen molar-refractivity contribution in [2.45, 2.75) is 63.4 Å². The fraction of sp³-hybridized carbons (Fsp3) is 0.375. The first-order valence-electron chi connectivity index (χ1n) is 13.6. The second kappa shape index (κ2) is 14.2. The number of benzene rings is 2. The van der Waals surface area contributed by atoms with Gasteiger partial charge in [-0.25, -0.2) is 4.98 Å². The van der Waals surface area contributed by atoms with Gasteiger partial charge in [-0.15, -0.1) is 11.3 Å². The van der Waals surface area contributed by atoms with Crippen LogP contribution in [-0.2, 0) is 23.4 Å². The predicted octanol–water partition coefficient (Wildman–Crippen LogP) is 4.74. The van der Waals surface area contributed by atoms with E-state index in [0.29, 0.717) is 14.9 Å². The van der Waals surface area contributed by atoms with Crippen molar-refractivity contribution in [2.24, 2.45) is 5.41 Å². The van der Waals surface area contributed by atoms with Gasteiger partial charge in [-0.3, -0.25) is 0 Å². The molecule has 1 N–H and O–H groups in total. The first-order chi connectivity index (χ1) is 19.5. The zero-order valence-electron chi connectivity index (χ0n) is 24.0. The molecular weight excluding hydrogens is 620 g/mol. The number of aryl methyl sites for hydroxylation is 1. The maximum Gasteiger partial charge on any atom is 1.00 e. The summed E-state index contributed by atoms with van der Waals surface area (Å²) in [6, 6.07) is 20.0. The van der Waals surface area contributed by atoms with Crippen molar-refractivity contribution < 1.29 is 49.3 Å². The van der Waals surface area contributed by atoms with Gasteiger partial charge in [0.05, 0.1) is 21.0 Å². The van der Waals surface area contributed by atoms with E-state index in [1.807, 2.05) is 56.3 Å². The Morgan fingerprint density at radius 1 is 1.17 bits per heavy atom. The number of carbonyl (C=O) groups excluding carboxylic acids is 1. The van der Waals surface area contributed by atoms with Crippen molar-refractivity contribution in [3.05, 3.63) is 92.4 Å². The van der Waals surface area contributed by atoms with Gasteiger partial charge in [0.25, 0.3) is 0 Å². The molecule has 5 rings (SSSR count). The number of hydrogen-bond donors (Lipinski definition) is 1. The number of thiophene rings is 1. The maximum atomic E-state index is 11.4. The minimum Gasteiger partial charge on any atom is -0.550 e. The van der Waals surface area contributed by atoms with Crippen LogP contribution in [0.5, 0.6) is 5.75 Å². The Balaban J connectivity index is 0.00000405. The molecule has 2 heterocycles. The van der Waals surface area contributed by atoms with Crippen LogP contribution >= 0.6 is 46.3 Å². The van der Waals surface area contributed by atoms with Gasteiger partial charge in [0.1, 0.15) is 22.2 Å². The summed E-state index contributed by atoms with van der Waals surface area (Å²) in [6.07, 6.45) is 3.56. The van der Waals surface area contributed by atoms with Crippen LogP contribution in [0.3, 0.4) is 0 Å². The third kappa shape index (κ3) is 8.45. The number of aliphatic hydroxyl groups is 1. The van der Waals surface area contributed by atoms with Crippen molar-refractivity contribution in [2.75, 3.05) is 5.75 Å². The summed E-state index contributed by atoms with van der Waals surface area (Å²) in [4.78, 5) is 16.0. The standard InChI is InChI=1S/C32H33Cl2NO4S2.Na/c1-31(2,38)24-9-4-3-6-20(24)10-12-25(40-19-32(14-15-32)17-27(36)37)21-7-5-8-23(16-21)39-18-22-11-13-26-29(35-22)28(33)30(34)41-26;/h3-9,11,13,16,25,38H,10,12,14-15,17-19H2,1-2H3,(H,36,37);/q;+1/p-1/t25-;/m1./s1. The molecule has 0 saturated heterocycles. The van der Waals surface area contributed by atoms with Crippen molar-refractivity contribution in [3.63, 3.8) is 0 Å². The van der Waals surface area contributed by atoms with Crippen molar-refractivity contribution in [1.82, 2.24) is 4.98 Å². The Labute approximate surface area is 287 Å². The van der Waals surface area contributed by atoms with Crippen LogP contribution in [0.4, 0.5) is 0 Å². The first-order valence-corrected chi connectivity index (χ1v) is 16.2. The Morgan fingerprint density at radius 2 is 1.93 bits per heavy atom. The molecular formula is C32H32Cl2NNaO4S2. The van der Waals surface area contributed by atoms with E-state index in [1.54, 1.807) is 11.8 Å². The van der Waals surface area contributed by atoms with Gasteiger partial charge in [0.15, 0.2) is 0 Å². The molecule has 0 spiro atoms. The van der Waals surface area contributed by atoms with Crippen LogP contribution in [0.1, 0.15) is 67.2 Å². The Bertz CT molecular complexity index is 1550. The summed E-state index contributed by atoms with van der Waals surface area (Å²) in [5.41, 5.74) is 3.49. The Kier molecular flexibility index (Phi) is 11.4. The molecule has 1 aliphatic carbocycles. The zero-order valence-corrected chi connectivity index (χ0v) is 29.1. The number of fused-ring (bicyclic) bond motifs is 1. The van der Waals surface area contributed by atoms with Gasteiger partial charge < -0.3 is 19.7 Å². The van der Waals surface area contributed by atoms with Crippen LogP contribution in [0.2, 0.25) is 9.36 Å². The van der Waals surface area contributed by atoms with E-state index in [-0.39, 0.29) is 53.2 Å². The number of carbonyl (C=O) groups is 1. The molecule has 1 saturated carbocycles. The van der Waals surface area contributed by atoms with E-state index in [4.69, 9.17) is 27.9 Å². The molecule has 10 heteroatoms. The molecule has 2 aromatic heterocycles. The van der Waals surface area contributed by atoms with Crippen LogP contribution in [-0.4, -0.2) is 21.8 Å². The number of hydrogen-bond acceptors (Lipinski definition) is 7. The summed E-state index contributed by atoms with van der Waals surface area (Å²) in [5, 5.41) is 22.7. The van der Waals surface area contributed by atoms with Crippen LogP contribution < -0.4 is 39.4 Å². The molecule has 4 aromatic rings. The van der Waals surface area contributed by atoms with Gasteiger partial charge in [-0.05, 0) is 98.1 Å². The predicted molar refractivity (Wildman–Crippen MR) is 167 cm³/mol. The minimum absolute atomic E-state index is 0. The number of nitrogens with zero attached hydrogens (tertiary/aromatic N) is 1. The maximum absolute atomic E-state index is 11.4. The molecule has 0 amide bonds. The molecule has 1 fully saturated rings. The third-order valence-electron chi connectivity index (χ3n) is 7.53. The van der Waals surface area contributed by atoms with Gasteiger partial charge in [0.2, 0.25) is 0 Å². The number of halogens is 2. The Morgan fingerprint density at radius 3 is 2.64 bits per heavy atom. The number of thioether (sulfide) groups is 1. The van der Waals surface area contributed by atoms with Crippen LogP contribution in [0.15, 0.2) is 60.7 Å². The average molecular weight is 653 g/mol. The van der Waals surface area contributed by atoms with E-state index in [1.165, 1.54) is 11.3 Å². The van der Waals surface area contributed by atoms with Crippen molar-refractivity contribution in [1.29, 1.82) is 0 Å². The monoisotopic (exact) mass is 651 g/mol. The molecule has 5 nitrogen and oxygen atoms in total. The fourth-order valence-corrected chi connectivity index (χ4v) is 8.09. The number of ether oxygens (including phenoxy) is 1. The number of pyridine rings is 1.